The van der Waals surface area contributed by atoms with Crippen LogP contribution in [0, 0.1) is 83.1 Å². The molecule has 11 rings (SSSR count). The van der Waals surface area contributed by atoms with E-state index in [2.05, 4.69) is 214 Å². The van der Waals surface area contributed by atoms with Gasteiger partial charge in [0.1, 0.15) is 22.3 Å². The van der Waals surface area contributed by atoms with Crippen LogP contribution in [0.5, 0.6) is 0 Å². The number of rotatable bonds is 4. The molecule has 346 valence electrons. The summed E-state index contributed by atoms with van der Waals surface area (Å²) in [5, 5.41) is 0. The van der Waals surface area contributed by atoms with E-state index in [1.54, 1.807) is 0 Å². The van der Waals surface area contributed by atoms with E-state index in [1.165, 1.54) is 44.5 Å². The second-order valence-electron chi connectivity index (χ2n) is 19.9. The average molecular weight is 915 g/mol. The Morgan fingerprint density at radius 3 is 0.814 bits per heavy atom. The quantitative estimate of drug-likeness (QED) is 0.184. The molecule has 0 atom stereocenters. The van der Waals surface area contributed by atoms with E-state index in [9.17, 15) is 0 Å². The van der Waals surface area contributed by atoms with E-state index in [0.717, 1.165) is 134 Å². The summed E-state index contributed by atoms with van der Waals surface area (Å²) in [5.41, 5.74) is 32.6. The number of nitrogens with zero attached hydrogens (tertiary/aromatic N) is 2. The second kappa shape index (κ2) is 16.9. The fraction of sp³-hybridized carbons (Fsp3) is 0.188. The van der Waals surface area contributed by atoms with Crippen molar-refractivity contribution in [2.45, 2.75) is 83.1 Å². The Kier molecular flexibility index (Phi) is 10.8. The number of nitrogens with one attached hydrogen (secondary N) is 2. The summed E-state index contributed by atoms with van der Waals surface area (Å²) < 4.78 is 14.5. The lowest BCUT2D eigenvalue weighted by Crippen LogP contribution is -1.93. The van der Waals surface area contributed by atoms with Crippen molar-refractivity contribution in [3.05, 3.63) is 187 Å². The lowest BCUT2D eigenvalue weighted by Gasteiger charge is -2.13. The molecule has 0 radical (unpaired) electrons. The Balaban J connectivity index is 1.33. The molecule has 7 heterocycles. The number of aromatic amines is 2. The number of H-pyrrole nitrogens is 2. The van der Waals surface area contributed by atoms with Crippen molar-refractivity contribution >= 4 is 68.7 Å². The van der Waals surface area contributed by atoms with Gasteiger partial charge in [-0.15, -0.1) is 0 Å². The van der Waals surface area contributed by atoms with Gasteiger partial charge >= 0.3 is 0 Å². The maximum Gasteiger partial charge on any atom is 0.137 e. The molecular weight excluding hydrogens is 857 g/mol. The van der Waals surface area contributed by atoms with Crippen LogP contribution in [-0.2, 0) is 0 Å². The highest BCUT2D eigenvalue weighted by Crippen LogP contribution is 2.43. The molecule has 2 aliphatic rings. The molecule has 4 aromatic carbocycles. The van der Waals surface area contributed by atoms with Gasteiger partial charge in [0, 0.05) is 11.1 Å². The number of aromatic nitrogens is 4. The van der Waals surface area contributed by atoms with Crippen molar-refractivity contribution < 1.29 is 8.83 Å². The van der Waals surface area contributed by atoms with Crippen molar-refractivity contribution in [2.75, 3.05) is 0 Å². The topological polar surface area (TPSA) is 83.6 Å². The maximum absolute atomic E-state index is 7.24. The predicted octanol–water partition coefficient (Wildman–Crippen LogP) is 17.6. The first kappa shape index (κ1) is 44.5. The van der Waals surface area contributed by atoms with Gasteiger partial charge in [-0.1, -0.05) is 70.8 Å². The number of aryl methyl sites for hydroxylation is 12. The van der Waals surface area contributed by atoms with Crippen molar-refractivity contribution in [1.29, 1.82) is 0 Å². The number of hydrogen-bond acceptors (Lipinski definition) is 4. The first-order valence-electron chi connectivity index (χ1n) is 24.3. The van der Waals surface area contributed by atoms with Crippen molar-refractivity contribution in [3.63, 3.8) is 0 Å². The zero-order chi connectivity index (χ0) is 48.9. The number of benzene rings is 4. The number of fused-ring (bicyclic) bond motifs is 14. The Bertz CT molecular complexity index is 3680. The van der Waals surface area contributed by atoms with E-state index in [1.807, 2.05) is 0 Å². The predicted molar refractivity (Wildman–Crippen MR) is 295 cm³/mol. The van der Waals surface area contributed by atoms with Gasteiger partial charge in [-0.2, -0.15) is 0 Å². The van der Waals surface area contributed by atoms with Crippen LogP contribution in [0.3, 0.4) is 0 Å². The van der Waals surface area contributed by atoms with E-state index in [4.69, 9.17) is 18.8 Å². The van der Waals surface area contributed by atoms with Crippen LogP contribution in [0.2, 0.25) is 0 Å². The summed E-state index contributed by atoms with van der Waals surface area (Å²) in [4.78, 5) is 18.6. The van der Waals surface area contributed by atoms with E-state index in [-0.39, 0.29) is 0 Å². The summed E-state index contributed by atoms with van der Waals surface area (Å²) in [6.45, 7) is 26.1. The Hall–Kier alpha value is -7.96. The molecule has 0 unspecified atom stereocenters. The van der Waals surface area contributed by atoms with Crippen LogP contribution in [-0.4, -0.2) is 19.9 Å². The van der Waals surface area contributed by atoms with Gasteiger partial charge in [-0.05, 0) is 223 Å². The summed E-state index contributed by atoms with van der Waals surface area (Å²) in [6.07, 6.45) is 8.47. The molecule has 2 N–H and O–H groups in total. The van der Waals surface area contributed by atoms with Crippen molar-refractivity contribution in [3.8, 4) is 44.5 Å². The molecule has 9 aromatic rings. The third kappa shape index (κ3) is 7.59. The lowest BCUT2D eigenvalue weighted by molar-refractivity contribution is 0.667. The molecule has 12 bridgehead atoms. The molecule has 0 saturated heterocycles. The van der Waals surface area contributed by atoms with Crippen LogP contribution < -0.4 is 0 Å². The molecule has 0 saturated carbocycles. The minimum atomic E-state index is 0.740. The zero-order valence-electron chi connectivity index (χ0n) is 42.3. The fourth-order valence-corrected chi connectivity index (χ4v) is 11.7. The van der Waals surface area contributed by atoms with E-state index >= 15 is 0 Å². The average Bonchev–Trinajstić information content (AvgIpc) is 4.15. The Morgan fingerprint density at radius 1 is 0.271 bits per heavy atom. The highest BCUT2D eigenvalue weighted by molar-refractivity contribution is 6.01. The normalized spacial score (nSPS) is 12.2. The van der Waals surface area contributed by atoms with Gasteiger partial charge in [-0.3, -0.25) is 0 Å². The third-order valence-corrected chi connectivity index (χ3v) is 14.2. The molecule has 0 aliphatic carbocycles. The van der Waals surface area contributed by atoms with Crippen LogP contribution >= 0.6 is 0 Å². The second-order valence-corrected chi connectivity index (χ2v) is 19.9. The van der Waals surface area contributed by atoms with Gasteiger partial charge in [0.15, 0.2) is 0 Å². The molecule has 5 aromatic heterocycles. The summed E-state index contributed by atoms with van der Waals surface area (Å²) in [7, 11) is 0. The van der Waals surface area contributed by atoms with Crippen LogP contribution in [0.1, 0.15) is 89.5 Å². The zero-order valence-corrected chi connectivity index (χ0v) is 42.3. The van der Waals surface area contributed by atoms with Gasteiger partial charge in [0.2, 0.25) is 0 Å². The van der Waals surface area contributed by atoms with Gasteiger partial charge in [0.25, 0.3) is 0 Å². The number of furan rings is 2. The van der Waals surface area contributed by atoms with Gasteiger partial charge in [-0.25, -0.2) is 9.97 Å². The minimum Gasteiger partial charge on any atom is -0.456 e. The summed E-state index contributed by atoms with van der Waals surface area (Å²) in [5.74, 6) is 0. The smallest absolute Gasteiger partial charge is 0.137 e. The largest absolute Gasteiger partial charge is 0.456 e. The molecule has 6 nitrogen and oxygen atoms in total. The SMILES string of the molecule is Cc1cc(C)c(-c2c3nc(c4ccc([nH]4)c(-c4c(C)cc(C)cc4C)c4ccc(o4)c(-c4c(C)cc(C)cc4C)c4ccc([nH]4)c4nc(c(-c5c(C)cc(C)cc5C)c5ccc2o5)C=C4)C=C3)c(C)c1. The molecule has 0 fully saturated rings. The fourth-order valence-electron chi connectivity index (χ4n) is 11.7. The Morgan fingerprint density at radius 2 is 0.514 bits per heavy atom. The standard InChI is InChI=1S/C64H58N4O2/c1-33-25-37(5)57(38(6)26-33)61-49-17-13-45(65-49)46-14-18-51(66-46)63(59-41(9)29-35(3)30-42(59)10)55-23-24-56(70-55)64(60-43(11)31-36(4)32-44(60)12)52-20-16-48(68-52)47-15-19-50(67-47)62(54-22-21-53(61)69-54)58-39(7)27-34(2)28-40(58)8/h13-32,65,67H,1-12H3. The van der Waals surface area contributed by atoms with Gasteiger partial charge < -0.3 is 18.8 Å². The van der Waals surface area contributed by atoms with E-state index in [0.29, 0.717) is 0 Å². The summed E-state index contributed by atoms with van der Waals surface area (Å²) in [6, 6.07) is 35.1. The number of hydrogen-bond donors (Lipinski definition) is 2. The first-order chi connectivity index (χ1) is 33.6. The molecule has 2 aliphatic heterocycles. The lowest BCUT2D eigenvalue weighted by atomic mass is 9.93. The van der Waals surface area contributed by atoms with Crippen LogP contribution in [0.4, 0.5) is 0 Å². The monoisotopic (exact) mass is 914 g/mol. The Labute approximate surface area is 409 Å². The van der Waals surface area contributed by atoms with E-state index < -0.39 is 0 Å². The molecule has 0 amide bonds. The third-order valence-electron chi connectivity index (χ3n) is 14.2. The highest BCUT2D eigenvalue weighted by atomic mass is 16.3. The first-order valence-corrected chi connectivity index (χ1v) is 24.3. The summed E-state index contributed by atoms with van der Waals surface area (Å²) >= 11 is 0. The molecular formula is C64H58N4O2. The van der Waals surface area contributed by atoms with Crippen LogP contribution in [0.15, 0.2) is 106 Å². The molecule has 0 spiro atoms. The van der Waals surface area contributed by atoms with Crippen molar-refractivity contribution in [1.82, 2.24) is 19.9 Å². The molecule has 6 heteroatoms. The highest BCUT2D eigenvalue weighted by Gasteiger charge is 2.23. The maximum atomic E-state index is 7.24. The van der Waals surface area contributed by atoms with Crippen molar-refractivity contribution in [2.24, 2.45) is 0 Å². The molecule has 70 heavy (non-hydrogen) atoms. The minimum absolute atomic E-state index is 0.740. The van der Waals surface area contributed by atoms with Gasteiger partial charge in [0.05, 0.1) is 56.0 Å². The van der Waals surface area contributed by atoms with Crippen LogP contribution in [0.25, 0.3) is 113 Å².